The summed E-state index contributed by atoms with van der Waals surface area (Å²) in [4.78, 5) is 3.86. The molecule has 0 amide bonds. The molecule has 0 aliphatic heterocycles. The zero-order valence-corrected chi connectivity index (χ0v) is 11.3. The fourth-order valence-electron chi connectivity index (χ4n) is 1.63. The first kappa shape index (κ1) is 13.5. The molecule has 0 spiro atoms. The van der Waals surface area contributed by atoms with Crippen molar-refractivity contribution in [1.82, 2.24) is 9.29 Å². The molecule has 5 nitrogen and oxygen atoms in total. The van der Waals surface area contributed by atoms with Crippen molar-refractivity contribution in [3.8, 4) is 0 Å². The van der Waals surface area contributed by atoms with Gasteiger partial charge in [0.2, 0.25) is 0 Å². The summed E-state index contributed by atoms with van der Waals surface area (Å²) in [6, 6.07) is 12.3. The second kappa shape index (κ2) is 5.38. The lowest BCUT2D eigenvalue weighted by molar-refractivity contribution is 0.464. The van der Waals surface area contributed by atoms with Gasteiger partial charge in [0.25, 0.3) is 10.0 Å². The van der Waals surface area contributed by atoms with Crippen LogP contribution >= 0.6 is 0 Å². The monoisotopic (exact) mass is 277 g/mol. The third-order valence-electron chi connectivity index (χ3n) is 2.68. The topological polar surface area (TPSA) is 76.3 Å². The number of rotatable bonds is 4. The highest BCUT2D eigenvalue weighted by molar-refractivity contribution is 7.89. The minimum Gasteiger partial charge on any atom is -0.397 e. The number of nitrogens with two attached hydrogens (primary N) is 1. The molecule has 0 saturated carbocycles. The summed E-state index contributed by atoms with van der Waals surface area (Å²) in [6.45, 7) is 0.301. The minimum absolute atomic E-state index is 0.000121. The second-order valence-corrected chi connectivity index (χ2v) is 6.17. The van der Waals surface area contributed by atoms with Crippen LogP contribution in [0.2, 0.25) is 0 Å². The quantitative estimate of drug-likeness (QED) is 0.918. The van der Waals surface area contributed by atoms with E-state index in [1.54, 1.807) is 0 Å². The SMILES string of the molecule is CN(Cc1ccccc1)S(=O)(=O)c1ccc(N)cn1. The molecule has 1 aromatic carbocycles. The second-order valence-electron chi connectivity index (χ2n) is 4.18. The molecule has 2 N–H and O–H groups in total. The Morgan fingerprint density at radius 3 is 2.42 bits per heavy atom. The van der Waals surface area contributed by atoms with E-state index in [0.29, 0.717) is 12.2 Å². The largest absolute Gasteiger partial charge is 0.397 e. The lowest BCUT2D eigenvalue weighted by atomic mass is 10.2. The van der Waals surface area contributed by atoms with Crippen molar-refractivity contribution in [3.05, 3.63) is 54.2 Å². The zero-order chi connectivity index (χ0) is 13.9. The van der Waals surface area contributed by atoms with Gasteiger partial charge in [-0.2, -0.15) is 4.31 Å². The van der Waals surface area contributed by atoms with Gasteiger partial charge in [0.1, 0.15) is 0 Å². The number of sulfonamides is 1. The van der Waals surface area contributed by atoms with Crippen molar-refractivity contribution in [3.63, 3.8) is 0 Å². The van der Waals surface area contributed by atoms with Gasteiger partial charge in [0.05, 0.1) is 11.9 Å². The zero-order valence-electron chi connectivity index (χ0n) is 10.5. The van der Waals surface area contributed by atoms with Gasteiger partial charge in [-0.3, -0.25) is 0 Å². The minimum atomic E-state index is -3.59. The normalized spacial score (nSPS) is 11.7. The Kier molecular flexibility index (Phi) is 3.82. The fourth-order valence-corrected chi connectivity index (χ4v) is 2.69. The Balaban J connectivity index is 2.22. The molecule has 0 aliphatic rings. The highest BCUT2D eigenvalue weighted by Crippen LogP contribution is 2.15. The van der Waals surface area contributed by atoms with Gasteiger partial charge >= 0.3 is 0 Å². The van der Waals surface area contributed by atoms with E-state index in [0.717, 1.165) is 5.56 Å². The lowest BCUT2D eigenvalue weighted by Crippen LogP contribution is -2.27. The summed E-state index contributed by atoms with van der Waals surface area (Å²) in [7, 11) is -2.06. The predicted octanol–water partition coefficient (Wildman–Crippen LogP) is 1.48. The van der Waals surface area contributed by atoms with Crippen LogP contribution in [0.1, 0.15) is 5.56 Å². The summed E-state index contributed by atoms with van der Waals surface area (Å²) in [5.74, 6) is 0. The van der Waals surface area contributed by atoms with E-state index >= 15 is 0 Å². The maximum atomic E-state index is 12.3. The molecular weight excluding hydrogens is 262 g/mol. The van der Waals surface area contributed by atoms with E-state index in [1.165, 1.54) is 29.7 Å². The van der Waals surface area contributed by atoms with E-state index in [1.807, 2.05) is 30.3 Å². The molecule has 0 bridgehead atoms. The van der Waals surface area contributed by atoms with Gasteiger partial charge in [0, 0.05) is 13.6 Å². The molecule has 100 valence electrons. The van der Waals surface area contributed by atoms with Crippen LogP contribution in [0.3, 0.4) is 0 Å². The van der Waals surface area contributed by atoms with Crippen LogP contribution in [0, 0.1) is 0 Å². The summed E-state index contributed by atoms with van der Waals surface area (Å²) in [5, 5.41) is 0.000121. The van der Waals surface area contributed by atoms with Gasteiger partial charge in [-0.25, -0.2) is 13.4 Å². The van der Waals surface area contributed by atoms with Crippen LogP contribution in [0.5, 0.6) is 0 Å². The Morgan fingerprint density at radius 1 is 1.16 bits per heavy atom. The molecule has 0 fully saturated rings. The molecule has 0 atom stereocenters. The Bertz CT molecular complexity index is 639. The molecule has 6 heteroatoms. The van der Waals surface area contributed by atoms with Crippen molar-refractivity contribution in [2.24, 2.45) is 0 Å². The van der Waals surface area contributed by atoms with E-state index in [-0.39, 0.29) is 5.03 Å². The average molecular weight is 277 g/mol. The molecule has 0 aliphatic carbocycles. The van der Waals surface area contributed by atoms with Crippen LogP contribution < -0.4 is 5.73 Å². The van der Waals surface area contributed by atoms with Gasteiger partial charge < -0.3 is 5.73 Å². The highest BCUT2D eigenvalue weighted by Gasteiger charge is 2.21. The summed E-state index contributed by atoms with van der Waals surface area (Å²) < 4.78 is 25.8. The number of nitrogen functional groups attached to an aromatic ring is 1. The summed E-state index contributed by atoms with van der Waals surface area (Å²) in [6.07, 6.45) is 1.34. The maximum Gasteiger partial charge on any atom is 0.260 e. The average Bonchev–Trinajstić information content (AvgIpc) is 2.40. The van der Waals surface area contributed by atoms with E-state index in [2.05, 4.69) is 4.98 Å². The number of nitrogens with zero attached hydrogens (tertiary/aromatic N) is 2. The Morgan fingerprint density at radius 2 is 1.84 bits per heavy atom. The molecule has 0 saturated heterocycles. The van der Waals surface area contributed by atoms with Gasteiger partial charge in [-0.1, -0.05) is 30.3 Å². The number of hydrogen-bond acceptors (Lipinski definition) is 4. The Labute approximate surface area is 112 Å². The van der Waals surface area contributed by atoms with Crippen molar-refractivity contribution in [2.75, 3.05) is 12.8 Å². The Hall–Kier alpha value is -1.92. The third kappa shape index (κ3) is 3.10. The van der Waals surface area contributed by atoms with Crippen molar-refractivity contribution in [2.45, 2.75) is 11.6 Å². The first-order chi connectivity index (χ1) is 9.00. The predicted molar refractivity (Wildman–Crippen MR) is 73.7 cm³/mol. The van der Waals surface area contributed by atoms with Crippen LogP contribution in [-0.2, 0) is 16.6 Å². The standard InChI is InChI=1S/C13H15N3O2S/c1-16(10-11-5-3-2-4-6-11)19(17,18)13-8-7-12(14)9-15-13/h2-9H,10,14H2,1H3. The lowest BCUT2D eigenvalue weighted by Gasteiger charge is -2.16. The van der Waals surface area contributed by atoms with Crippen LogP contribution in [0.25, 0.3) is 0 Å². The summed E-state index contributed by atoms with van der Waals surface area (Å²) in [5.41, 5.74) is 6.85. The summed E-state index contributed by atoms with van der Waals surface area (Å²) >= 11 is 0. The highest BCUT2D eigenvalue weighted by atomic mass is 32.2. The molecule has 0 unspecified atom stereocenters. The molecule has 1 aromatic heterocycles. The van der Waals surface area contributed by atoms with E-state index in [9.17, 15) is 8.42 Å². The maximum absolute atomic E-state index is 12.3. The first-order valence-corrected chi connectivity index (χ1v) is 7.16. The number of anilines is 1. The molecule has 2 rings (SSSR count). The van der Waals surface area contributed by atoms with E-state index < -0.39 is 10.0 Å². The van der Waals surface area contributed by atoms with Gasteiger partial charge in [-0.05, 0) is 17.7 Å². The van der Waals surface area contributed by atoms with Crippen LogP contribution in [-0.4, -0.2) is 24.8 Å². The number of aromatic nitrogens is 1. The molecule has 1 heterocycles. The molecule has 0 radical (unpaired) electrons. The van der Waals surface area contributed by atoms with E-state index in [4.69, 9.17) is 5.73 Å². The van der Waals surface area contributed by atoms with Crippen LogP contribution in [0.15, 0.2) is 53.7 Å². The smallest absolute Gasteiger partial charge is 0.260 e. The van der Waals surface area contributed by atoms with Gasteiger partial charge in [-0.15, -0.1) is 0 Å². The van der Waals surface area contributed by atoms with Crippen LogP contribution in [0.4, 0.5) is 5.69 Å². The fraction of sp³-hybridized carbons (Fsp3) is 0.154. The van der Waals surface area contributed by atoms with Crippen molar-refractivity contribution in [1.29, 1.82) is 0 Å². The first-order valence-electron chi connectivity index (χ1n) is 5.72. The van der Waals surface area contributed by atoms with Crippen molar-refractivity contribution < 1.29 is 8.42 Å². The molecule has 19 heavy (non-hydrogen) atoms. The third-order valence-corrected chi connectivity index (χ3v) is 4.40. The molecular formula is C13H15N3O2S. The number of pyridine rings is 1. The molecule has 2 aromatic rings. The van der Waals surface area contributed by atoms with Crippen molar-refractivity contribution >= 4 is 15.7 Å². The number of benzene rings is 1. The number of hydrogen-bond donors (Lipinski definition) is 1. The van der Waals surface area contributed by atoms with Gasteiger partial charge in [0.15, 0.2) is 5.03 Å².